The number of anilines is 1. The molecule has 8 heteroatoms. The molecule has 3 aromatic rings. The van der Waals surface area contributed by atoms with Gasteiger partial charge < -0.3 is 14.2 Å². The van der Waals surface area contributed by atoms with Crippen molar-refractivity contribution in [3.63, 3.8) is 0 Å². The van der Waals surface area contributed by atoms with Gasteiger partial charge in [-0.2, -0.15) is 4.98 Å². The van der Waals surface area contributed by atoms with Gasteiger partial charge >= 0.3 is 5.97 Å². The minimum Gasteiger partial charge on any atom is -0.455 e. The van der Waals surface area contributed by atoms with Crippen LogP contribution in [0, 0.1) is 12.8 Å². The topological polar surface area (TPSA) is 85.5 Å². The molecule has 1 atom stereocenters. The van der Waals surface area contributed by atoms with Crippen molar-refractivity contribution in [3.05, 3.63) is 65.0 Å². The van der Waals surface area contributed by atoms with Crippen molar-refractivity contribution in [2.75, 3.05) is 11.4 Å². The van der Waals surface area contributed by atoms with E-state index in [2.05, 4.69) is 10.1 Å². The van der Waals surface area contributed by atoms with Gasteiger partial charge in [-0.05, 0) is 31.2 Å². The lowest BCUT2D eigenvalue weighted by molar-refractivity contribution is -0.150. The maximum Gasteiger partial charge on any atom is 0.311 e. The van der Waals surface area contributed by atoms with Crippen LogP contribution >= 0.6 is 11.6 Å². The van der Waals surface area contributed by atoms with Crippen molar-refractivity contribution in [1.82, 2.24) is 10.1 Å². The number of nitrogens with zero attached hydrogens (tertiary/aromatic N) is 3. The predicted molar refractivity (Wildman–Crippen MR) is 106 cm³/mol. The summed E-state index contributed by atoms with van der Waals surface area (Å²) in [6.45, 7) is 2.12. The molecule has 0 saturated carbocycles. The van der Waals surface area contributed by atoms with Gasteiger partial charge in [-0.3, -0.25) is 9.59 Å². The normalized spacial score (nSPS) is 16.3. The van der Waals surface area contributed by atoms with Crippen molar-refractivity contribution in [2.45, 2.75) is 20.0 Å². The molecule has 1 aromatic heterocycles. The van der Waals surface area contributed by atoms with E-state index in [1.165, 1.54) is 0 Å². The van der Waals surface area contributed by atoms with Crippen LogP contribution in [0.2, 0.25) is 5.02 Å². The maximum atomic E-state index is 12.4. The number of halogens is 1. The zero-order chi connectivity index (χ0) is 20.4. The fraction of sp³-hybridized carbons (Fsp3) is 0.238. The second-order valence-electron chi connectivity index (χ2n) is 6.87. The average molecular weight is 412 g/mol. The lowest BCUT2D eigenvalue weighted by atomic mass is 10.1. The third-order valence-corrected chi connectivity index (χ3v) is 4.93. The highest BCUT2D eigenvalue weighted by Crippen LogP contribution is 2.26. The fourth-order valence-corrected chi connectivity index (χ4v) is 3.34. The Balaban J connectivity index is 1.36. The minimum absolute atomic E-state index is 0.100. The molecule has 0 radical (unpaired) electrons. The zero-order valence-corrected chi connectivity index (χ0v) is 16.4. The molecule has 4 rings (SSSR count). The SMILES string of the molecule is Cc1ccc(N2C[C@@H](C(=O)OCc3nc(-c4cccc(Cl)c4)no3)CC2=O)cc1. The third kappa shape index (κ3) is 4.30. The average Bonchev–Trinajstić information content (AvgIpc) is 3.34. The summed E-state index contributed by atoms with van der Waals surface area (Å²) in [7, 11) is 0. The van der Waals surface area contributed by atoms with Gasteiger partial charge in [-0.15, -0.1) is 0 Å². The van der Waals surface area contributed by atoms with Crippen LogP contribution in [0.4, 0.5) is 5.69 Å². The number of ether oxygens (including phenoxy) is 1. The summed E-state index contributed by atoms with van der Waals surface area (Å²) in [4.78, 5) is 30.5. The number of aromatic nitrogens is 2. The smallest absolute Gasteiger partial charge is 0.311 e. The third-order valence-electron chi connectivity index (χ3n) is 4.69. The first-order valence-corrected chi connectivity index (χ1v) is 9.49. The Morgan fingerprint density at radius 3 is 2.83 bits per heavy atom. The second kappa shape index (κ2) is 8.05. The summed E-state index contributed by atoms with van der Waals surface area (Å²) in [5.41, 5.74) is 2.58. The maximum absolute atomic E-state index is 12.4. The Bertz CT molecular complexity index is 1050. The zero-order valence-electron chi connectivity index (χ0n) is 15.7. The molecule has 7 nitrogen and oxygen atoms in total. The Morgan fingerprint density at radius 1 is 1.28 bits per heavy atom. The van der Waals surface area contributed by atoms with Gasteiger partial charge in [0, 0.05) is 29.2 Å². The summed E-state index contributed by atoms with van der Waals surface area (Å²) >= 11 is 5.97. The number of rotatable bonds is 5. The lowest BCUT2D eigenvalue weighted by Crippen LogP contribution is -2.26. The molecule has 0 N–H and O–H groups in total. The van der Waals surface area contributed by atoms with Crippen LogP contribution in [0.25, 0.3) is 11.4 Å². The number of benzene rings is 2. The van der Waals surface area contributed by atoms with Gasteiger partial charge in [0.2, 0.25) is 11.7 Å². The lowest BCUT2D eigenvalue weighted by Gasteiger charge is -2.16. The van der Waals surface area contributed by atoms with E-state index in [0.29, 0.717) is 23.0 Å². The number of aryl methyl sites for hydroxylation is 1. The van der Waals surface area contributed by atoms with Crippen molar-refractivity contribution < 1.29 is 18.8 Å². The molecule has 1 saturated heterocycles. The molecule has 1 aliphatic rings. The van der Waals surface area contributed by atoms with Crippen LogP contribution in [-0.4, -0.2) is 28.6 Å². The summed E-state index contributed by atoms with van der Waals surface area (Å²) in [5, 5.41) is 4.44. The van der Waals surface area contributed by atoms with E-state index in [0.717, 1.165) is 11.3 Å². The van der Waals surface area contributed by atoms with Gasteiger partial charge in [0.15, 0.2) is 6.61 Å². The van der Waals surface area contributed by atoms with E-state index in [4.69, 9.17) is 20.9 Å². The van der Waals surface area contributed by atoms with E-state index in [1.807, 2.05) is 31.2 Å². The van der Waals surface area contributed by atoms with E-state index in [-0.39, 0.29) is 24.8 Å². The van der Waals surface area contributed by atoms with Gasteiger partial charge in [-0.1, -0.05) is 46.6 Å². The molecule has 1 amide bonds. The van der Waals surface area contributed by atoms with Crippen LogP contribution in [-0.2, 0) is 20.9 Å². The van der Waals surface area contributed by atoms with Crippen LogP contribution < -0.4 is 4.90 Å². The molecule has 0 spiro atoms. The molecular formula is C21H18ClN3O4. The van der Waals surface area contributed by atoms with Gasteiger partial charge in [0.05, 0.1) is 5.92 Å². The fourth-order valence-electron chi connectivity index (χ4n) is 3.15. The summed E-state index contributed by atoms with van der Waals surface area (Å²) < 4.78 is 10.4. The van der Waals surface area contributed by atoms with Crippen LogP contribution in [0.3, 0.4) is 0 Å². The van der Waals surface area contributed by atoms with E-state index in [1.54, 1.807) is 29.2 Å². The predicted octanol–water partition coefficient (Wildman–Crippen LogP) is 3.79. The molecule has 2 heterocycles. The van der Waals surface area contributed by atoms with Crippen molar-refractivity contribution in [3.8, 4) is 11.4 Å². The molecule has 29 heavy (non-hydrogen) atoms. The molecule has 0 unspecified atom stereocenters. The number of carbonyl (C=O) groups is 2. The van der Waals surface area contributed by atoms with Gasteiger partial charge in [0.1, 0.15) is 0 Å². The number of carbonyl (C=O) groups excluding carboxylic acids is 2. The summed E-state index contributed by atoms with van der Waals surface area (Å²) in [6.07, 6.45) is 0.115. The van der Waals surface area contributed by atoms with Crippen LogP contribution in [0.15, 0.2) is 53.1 Å². The van der Waals surface area contributed by atoms with Crippen molar-refractivity contribution in [2.24, 2.45) is 5.92 Å². The quantitative estimate of drug-likeness (QED) is 0.594. The minimum atomic E-state index is -0.529. The molecule has 2 aromatic carbocycles. The standard InChI is InChI=1S/C21H18ClN3O4/c1-13-5-7-17(8-6-13)25-11-15(10-19(25)26)21(27)28-12-18-23-20(24-29-18)14-3-2-4-16(22)9-14/h2-9,15H,10-12H2,1H3/t15-/m0/s1. The molecule has 1 aliphatic heterocycles. The number of hydrogen-bond acceptors (Lipinski definition) is 6. The molecule has 0 aliphatic carbocycles. The highest BCUT2D eigenvalue weighted by atomic mass is 35.5. The number of esters is 1. The summed E-state index contributed by atoms with van der Waals surface area (Å²) in [6, 6.07) is 14.7. The Kier molecular flexibility index (Phi) is 5.31. The summed E-state index contributed by atoms with van der Waals surface area (Å²) in [5.74, 6) is -0.556. The van der Waals surface area contributed by atoms with E-state index < -0.39 is 11.9 Å². The van der Waals surface area contributed by atoms with E-state index >= 15 is 0 Å². The molecule has 0 bridgehead atoms. The largest absolute Gasteiger partial charge is 0.455 e. The highest BCUT2D eigenvalue weighted by molar-refractivity contribution is 6.30. The van der Waals surface area contributed by atoms with Crippen molar-refractivity contribution >= 4 is 29.2 Å². The second-order valence-corrected chi connectivity index (χ2v) is 7.31. The number of amides is 1. The monoisotopic (exact) mass is 411 g/mol. The van der Waals surface area contributed by atoms with Gasteiger partial charge in [0.25, 0.3) is 5.89 Å². The van der Waals surface area contributed by atoms with E-state index in [9.17, 15) is 9.59 Å². The first-order chi connectivity index (χ1) is 14.0. The van der Waals surface area contributed by atoms with Gasteiger partial charge in [-0.25, -0.2) is 0 Å². The first-order valence-electron chi connectivity index (χ1n) is 9.12. The van der Waals surface area contributed by atoms with Crippen LogP contribution in [0.5, 0.6) is 0 Å². The Labute approximate surface area is 172 Å². The number of hydrogen-bond donors (Lipinski definition) is 0. The molecular weight excluding hydrogens is 394 g/mol. The molecule has 148 valence electrons. The van der Waals surface area contributed by atoms with Crippen LogP contribution in [0.1, 0.15) is 17.9 Å². The Hall–Kier alpha value is -3.19. The van der Waals surface area contributed by atoms with Crippen molar-refractivity contribution in [1.29, 1.82) is 0 Å². The molecule has 1 fully saturated rings. The Morgan fingerprint density at radius 2 is 2.07 bits per heavy atom. The first kappa shape index (κ1) is 19.1. The highest BCUT2D eigenvalue weighted by Gasteiger charge is 2.36.